The van der Waals surface area contributed by atoms with Gasteiger partial charge in [-0.15, -0.1) is 0 Å². The van der Waals surface area contributed by atoms with Gasteiger partial charge in [0.25, 0.3) is 0 Å². The van der Waals surface area contributed by atoms with E-state index in [4.69, 9.17) is 0 Å². The molecule has 160 valence electrons. The standard InChI is InChI=1S/C23H21F3N4O/c1-14(2)30-13-17(12-28-30)16-10-19-20(27-11-16)7-8-21(19)29-22(31)9-15-3-5-18(6-4-15)23(24,25)26/h3-6,8,10-14H,7,9H2,1-2H3,(H,29,31). The fourth-order valence-electron chi connectivity index (χ4n) is 3.43. The molecule has 0 fully saturated rings. The minimum absolute atomic E-state index is 0.0148. The normalized spacial score (nSPS) is 13.3. The number of fused-ring (bicyclic) bond motifs is 1. The minimum Gasteiger partial charge on any atom is -0.325 e. The summed E-state index contributed by atoms with van der Waals surface area (Å²) < 4.78 is 39.9. The van der Waals surface area contributed by atoms with E-state index >= 15 is 0 Å². The Kier molecular flexibility index (Phi) is 5.39. The molecular weight excluding hydrogens is 405 g/mol. The third-order valence-corrected chi connectivity index (χ3v) is 5.14. The number of aromatic nitrogens is 3. The molecule has 3 aromatic rings. The number of benzene rings is 1. The Morgan fingerprint density at radius 3 is 2.55 bits per heavy atom. The van der Waals surface area contributed by atoms with Crippen LogP contribution >= 0.6 is 0 Å². The van der Waals surface area contributed by atoms with E-state index in [-0.39, 0.29) is 18.4 Å². The van der Waals surface area contributed by atoms with Crippen molar-refractivity contribution in [2.24, 2.45) is 0 Å². The quantitative estimate of drug-likeness (QED) is 0.638. The van der Waals surface area contributed by atoms with Crippen molar-refractivity contribution in [1.29, 1.82) is 0 Å². The number of carbonyl (C=O) groups excluding carboxylic acids is 1. The second kappa shape index (κ2) is 8.02. The maximum absolute atomic E-state index is 12.7. The number of hydrogen-bond acceptors (Lipinski definition) is 3. The lowest BCUT2D eigenvalue weighted by Gasteiger charge is -2.10. The van der Waals surface area contributed by atoms with Crippen LogP contribution in [-0.4, -0.2) is 20.7 Å². The van der Waals surface area contributed by atoms with E-state index in [9.17, 15) is 18.0 Å². The molecule has 4 rings (SSSR count). The van der Waals surface area contributed by atoms with Crippen LogP contribution in [-0.2, 0) is 23.8 Å². The largest absolute Gasteiger partial charge is 0.416 e. The highest BCUT2D eigenvalue weighted by Gasteiger charge is 2.30. The number of pyridine rings is 1. The van der Waals surface area contributed by atoms with Gasteiger partial charge in [-0.1, -0.05) is 18.2 Å². The van der Waals surface area contributed by atoms with Gasteiger partial charge in [0.2, 0.25) is 5.91 Å². The van der Waals surface area contributed by atoms with Crippen molar-refractivity contribution in [2.45, 2.75) is 38.9 Å². The first-order valence-electron chi connectivity index (χ1n) is 9.90. The van der Waals surface area contributed by atoms with E-state index in [0.29, 0.717) is 17.7 Å². The van der Waals surface area contributed by atoms with E-state index in [0.717, 1.165) is 34.5 Å². The molecule has 1 aromatic carbocycles. The average molecular weight is 426 g/mol. The van der Waals surface area contributed by atoms with E-state index in [1.165, 1.54) is 12.1 Å². The lowest BCUT2D eigenvalue weighted by Crippen LogP contribution is -2.23. The van der Waals surface area contributed by atoms with Crippen molar-refractivity contribution in [2.75, 3.05) is 0 Å². The van der Waals surface area contributed by atoms with Crippen LogP contribution in [0.15, 0.2) is 55.0 Å². The number of alkyl halides is 3. The molecule has 31 heavy (non-hydrogen) atoms. The number of carbonyl (C=O) groups is 1. The maximum Gasteiger partial charge on any atom is 0.416 e. The van der Waals surface area contributed by atoms with Crippen LogP contribution in [0.5, 0.6) is 0 Å². The van der Waals surface area contributed by atoms with E-state index in [1.807, 2.05) is 36.9 Å². The topological polar surface area (TPSA) is 59.8 Å². The molecule has 0 bridgehead atoms. The van der Waals surface area contributed by atoms with Crippen LogP contribution in [0.3, 0.4) is 0 Å². The monoisotopic (exact) mass is 426 g/mol. The summed E-state index contributed by atoms with van der Waals surface area (Å²) >= 11 is 0. The number of hydrogen-bond donors (Lipinski definition) is 1. The van der Waals surface area contributed by atoms with Crippen molar-refractivity contribution >= 4 is 11.6 Å². The molecule has 0 unspecified atom stereocenters. The van der Waals surface area contributed by atoms with E-state index < -0.39 is 11.7 Å². The first-order chi connectivity index (χ1) is 14.7. The van der Waals surface area contributed by atoms with Gasteiger partial charge in [-0.2, -0.15) is 18.3 Å². The summed E-state index contributed by atoms with van der Waals surface area (Å²) in [6, 6.07) is 6.84. The Hall–Kier alpha value is -3.42. The van der Waals surface area contributed by atoms with Crippen LogP contribution in [0.25, 0.3) is 16.8 Å². The Labute approximate surface area is 177 Å². The van der Waals surface area contributed by atoms with Gasteiger partial charge in [-0.05, 0) is 37.6 Å². The molecule has 1 N–H and O–H groups in total. The SMILES string of the molecule is CC(C)n1cc(-c2cnc3c(c2)C(NC(=O)Cc2ccc(C(F)(F)F)cc2)=CC3)cn1. The zero-order chi connectivity index (χ0) is 22.2. The van der Waals surface area contributed by atoms with Gasteiger partial charge in [0.15, 0.2) is 0 Å². The van der Waals surface area contributed by atoms with Crippen molar-refractivity contribution in [3.63, 3.8) is 0 Å². The summed E-state index contributed by atoms with van der Waals surface area (Å²) in [6.45, 7) is 4.09. The summed E-state index contributed by atoms with van der Waals surface area (Å²) in [5, 5.41) is 7.22. The third kappa shape index (κ3) is 4.52. The molecule has 0 saturated heterocycles. The summed E-state index contributed by atoms with van der Waals surface area (Å²) in [5.74, 6) is -0.295. The number of nitrogens with one attached hydrogen (secondary N) is 1. The fraction of sp³-hybridized carbons (Fsp3) is 0.261. The minimum atomic E-state index is -4.39. The Bertz CT molecular complexity index is 1140. The van der Waals surface area contributed by atoms with Gasteiger partial charge in [0.1, 0.15) is 0 Å². The molecule has 1 aliphatic carbocycles. The first-order valence-corrected chi connectivity index (χ1v) is 9.90. The van der Waals surface area contributed by atoms with Gasteiger partial charge in [0, 0.05) is 47.2 Å². The van der Waals surface area contributed by atoms with Crippen LogP contribution in [0.1, 0.15) is 42.3 Å². The van der Waals surface area contributed by atoms with Crippen LogP contribution in [0.2, 0.25) is 0 Å². The molecule has 0 saturated carbocycles. The van der Waals surface area contributed by atoms with Gasteiger partial charge >= 0.3 is 6.18 Å². The summed E-state index contributed by atoms with van der Waals surface area (Å²) in [4.78, 5) is 17.0. The van der Waals surface area contributed by atoms with Crippen molar-refractivity contribution in [1.82, 2.24) is 20.1 Å². The van der Waals surface area contributed by atoms with E-state index in [2.05, 4.69) is 15.4 Å². The number of nitrogens with zero attached hydrogens (tertiary/aromatic N) is 3. The zero-order valence-electron chi connectivity index (χ0n) is 17.1. The third-order valence-electron chi connectivity index (χ3n) is 5.14. The molecule has 0 radical (unpaired) electrons. The molecule has 2 aromatic heterocycles. The Morgan fingerprint density at radius 1 is 1.16 bits per heavy atom. The number of rotatable bonds is 5. The number of allylic oxidation sites excluding steroid dienone is 1. The molecule has 8 heteroatoms. The summed E-state index contributed by atoms with van der Waals surface area (Å²) in [5.41, 5.74) is 3.99. The van der Waals surface area contributed by atoms with Gasteiger partial charge < -0.3 is 5.32 Å². The maximum atomic E-state index is 12.7. The zero-order valence-corrected chi connectivity index (χ0v) is 17.1. The van der Waals surface area contributed by atoms with Crippen molar-refractivity contribution in [3.8, 4) is 11.1 Å². The van der Waals surface area contributed by atoms with Crippen LogP contribution in [0, 0.1) is 0 Å². The molecule has 5 nitrogen and oxygen atoms in total. The predicted molar refractivity (Wildman–Crippen MR) is 111 cm³/mol. The molecule has 0 spiro atoms. The lowest BCUT2D eigenvalue weighted by atomic mass is 10.1. The Balaban J connectivity index is 1.47. The Morgan fingerprint density at radius 2 is 1.90 bits per heavy atom. The van der Waals surface area contributed by atoms with Crippen molar-refractivity contribution in [3.05, 3.63) is 77.4 Å². The highest BCUT2D eigenvalue weighted by molar-refractivity contribution is 5.90. The molecular formula is C23H21F3N4O. The molecule has 1 aliphatic rings. The molecule has 0 aliphatic heterocycles. The van der Waals surface area contributed by atoms with Crippen LogP contribution < -0.4 is 5.32 Å². The summed E-state index contributed by atoms with van der Waals surface area (Å²) in [6.07, 6.45) is 3.62. The lowest BCUT2D eigenvalue weighted by molar-refractivity contribution is -0.137. The molecule has 2 heterocycles. The second-order valence-corrected chi connectivity index (χ2v) is 7.76. The van der Waals surface area contributed by atoms with E-state index in [1.54, 1.807) is 12.4 Å². The number of amides is 1. The van der Waals surface area contributed by atoms with Crippen molar-refractivity contribution < 1.29 is 18.0 Å². The number of halogens is 3. The predicted octanol–water partition coefficient (Wildman–Crippen LogP) is 4.80. The highest BCUT2D eigenvalue weighted by atomic mass is 19.4. The molecule has 0 atom stereocenters. The average Bonchev–Trinajstić information content (AvgIpc) is 3.35. The van der Waals surface area contributed by atoms with Gasteiger partial charge in [0.05, 0.1) is 23.9 Å². The molecule has 1 amide bonds. The van der Waals surface area contributed by atoms with Gasteiger partial charge in [-0.3, -0.25) is 14.5 Å². The highest BCUT2D eigenvalue weighted by Crippen LogP contribution is 2.30. The first kappa shape index (κ1) is 20.8. The second-order valence-electron chi connectivity index (χ2n) is 7.76. The van der Waals surface area contributed by atoms with Crippen LogP contribution in [0.4, 0.5) is 13.2 Å². The smallest absolute Gasteiger partial charge is 0.325 e. The van der Waals surface area contributed by atoms with Gasteiger partial charge in [-0.25, -0.2) is 0 Å². The fourth-order valence-corrected chi connectivity index (χ4v) is 3.43. The summed E-state index contributed by atoms with van der Waals surface area (Å²) in [7, 11) is 0.